The molecule has 0 spiro atoms. The van der Waals surface area contributed by atoms with Crippen LogP contribution in [0.1, 0.15) is 30.9 Å². The Morgan fingerprint density at radius 3 is 2.24 bits per heavy atom. The van der Waals surface area contributed by atoms with Crippen molar-refractivity contribution in [3.8, 4) is 0 Å². The number of likely N-dealkylation sites (tertiary alicyclic amines) is 1. The average molecular weight is 455 g/mol. The summed E-state index contributed by atoms with van der Waals surface area (Å²) < 4.78 is 10.3. The number of amides is 2. The quantitative estimate of drug-likeness (QED) is 0.594. The van der Waals surface area contributed by atoms with Gasteiger partial charge in [0, 0.05) is 13.0 Å². The summed E-state index contributed by atoms with van der Waals surface area (Å²) in [6.07, 6.45) is -0.544. The van der Waals surface area contributed by atoms with Crippen LogP contribution >= 0.6 is 0 Å². The molecule has 2 N–H and O–H groups in total. The first-order valence-corrected chi connectivity index (χ1v) is 11.0. The number of esters is 1. The molecule has 0 radical (unpaired) electrons. The summed E-state index contributed by atoms with van der Waals surface area (Å²) >= 11 is 0. The summed E-state index contributed by atoms with van der Waals surface area (Å²) in [5.74, 6) is -1.29. The Bertz CT molecular complexity index is 950. The maximum atomic E-state index is 13.6. The van der Waals surface area contributed by atoms with Gasteiger partial charge in [-0.05, 0) is 30.9 Å². The maximum absolute atomic E-state index is 13.6. The summed E-state index contributed by atoms with van der Waals surface area (Å²) in [6.45, 7) is 1.81. The van der Waals surface area contributed by atoms with Crippen LogP contribution in [0.2, 0.25) is 0 Å². The van der Waals surface area contributed by atoms with Crippen molar-refractivity contribution in [2.45, 2.75) is 50.5 Å². The predicted octanol–water partition coefficient (Wildman–Crippen LogP) is 2.44. The van der Waals surface area contributed by atoms with Crippen molar-refractivity contribution in [3.63, 3.8) is 0 Å². The Labute approximate surface area is 193 Å². The van der Waals surface area contributed by atoms with E-state index in [-0.39, 0.29) is 13.0 Å². The van der Waals surface area contributed by atoms with Gasteiger partial charge < -0.3 is 19.9 Å². The lowest BCUT2D eigenvalue weighted by Crippen LogP contribution is -2.62. The van der Waals surface area contributed by atoms with Crippen molar-refractivity contribution in [2.75, 3.05) is 13.7 Å². The van der Waals surface area contributed by atoms with Crippen LogP contribution in [0.4, 0.5) is 4.79 Å². The van der Waals surface area contributed by atoms with Gasteiger partial charge in [-0.2, -0.15) is 0 Å². The number of rotatable bonds is 8. The second kappa shape index (κ2) is 11.0. The number of methoxy groups -OCH3 is 1. The normalized spacial score (nSPS) is 19.4. The molecule has 2 amide bonds. The van der Waals surface area contributed by atoms with E-state index in [2.05, 4.69) is 5.32 Å². The number of carbonyl (C=O) groups excluding carboxylic acids is 3. The van der Waals surface area contributed by atoms with Gasteiger partial charge in [-0.15, -0.1) is 0 Å². The highest BCUT2D eigenvalue weighted by molar-refractivity contribution is 5.94. The molecule has 1 saturated heterocycles. The molecule has 1 aliphatic rings. The molecule has 3 rings (SSSR count). The largest absolute Gasteiger partial charge is 0.467 e. The molecule has 2 aromatic rings. The highest BCUT2D eigenvalue weighted by Crippen LogP contribution is 2.34. The van der Waals surface area contributed by atoms with Crippen LogP contribution in [0.5, 0.6) is 0 Å². The van der Waals surface area contributed by atoms with Gasteiger partial charge in [-0.1, -0.05) is 60.7 Å². The van der Waals surface area contributed by atoms with Gasteiger partial charge in [0.25, 0.3) is 0 Å². The first-order chi connectivity index (χ1) is 15.9. The topological polar surface area (TPSA) is 105 Å². The lowest BCUT2D eigenvalue weighted by Gasteiger charge is -2.37. The average Bonchev–Trinajstić information content (AvgIpc) is 3.26. The van der Waals surface area contributed by atoms with Gasteiger partial charge in [0.05, 0.1) is 13.2 Å². The van der Waals surface area contributed by atoms with E-state index in [0.29, 0.717) is 19.4 Å². The molecule has 8 heteroatoms. The summed E-state index contributed by atoms with van der Waals surface area (Å²) in [7, 11) is 1.19. The van der Waals surface area contributed by atoms with E-state index in [1.165, 1.54) is 18.9 Å². The Hall–Kier alpha value is -3.39. The van der Waals surface area contributed by atoms with Crippen LogP contribution in [0.25, 0.3) is 0 Å². The molecule has 1 heterocycles. The zero-order chi connectivity index (χ0) is 23.8. The van der Waals surface area contributed by atoms with E-state index in [4.69, 9.17) is 9.47 Å². The lowest BCUT2D eigenvalue weighted by molar-refractivity contribution is -0.149. The summed E-state index contributed by atoms with van der Waals surface area (Å²) in [5.41, 5.74) is 0.432. The maximum Gasteiger partial charge on any atom is 0.411 e. The standard InChI is InChI=1S/C25H30N2O6/c1-18(28)21(22(29)32-2)26-23(30)25(16-19-10-5-3-6-11-19)14-9-15-27(25)24(31)33-17-20-12-7-4-8-13-20/h3-8,10-13,18,21,28H,9,14-17H2,1-2H3,(H,26,30)/t18-,21+,25-/m1/s1. The van der Waals surface area contributed by atoms with Gasteiger partial charge in [0.15, 0.2) is 6.04 Å². The first kappa shape index (κ1) is 24.3. The van der Waals surface area contributed by atoms with Gasteiger partial charge in [0.2, 0.25) is 5.91 Å². The molecule has 1 aliphatic heterocycles. The molecule has 3 atom stereocenters. The molecule has 0 saturated carbocycles. The Morgan fingerprint density at radius 1 is 1.06 bits per heavy atom. The summed E-state index contributed by atoms with van der Waals surface area (Å²) in [5, 5.41) is 12.7. The highest BCUT2D eigenvalue weighted by Gasteiger charge is 2.51. The zero-order valence-electron chi connectivity index (χ0n) is 18.9. The van der Waals surface area contributed by atoms with Gasteiger partial charge in [-0.3, -0.25) is 9.69 Å². The van der Waals surface area contributed by atoms with E-state index < -0.39 is 35.7 Å². The number of hydrogen-bond acceptors (Lipinski definition) is 6. The smallest absolute Gasteiger partial charge is 0.411 e. The molecule has 33 heavy (non-hydrogen) atoms. The van der Waals surface area contributed by atoms with Gasteiger partial charge in [0.1, 0.15) is 12.1 Å². The number of aliphatic hydroxyl groups excluding tert-OH is 1. The summed E-state index contributed by atoms with van der Waals surface area (Å²) in [4.78, 5) is 40.3. The Morgan fingerprint density at radius 2 is 1.67 bits per heavy atom. The Balaban J connectivity index is 1.87. The molecule has 0 aliphatic carbocycles. The molecular formula is C25H30N2O6. The lowest BCUT2D eigenvalue weighted by atomic mass is 9.86. The van der Waals surface area contributed by atoms with Crippen molar-refractivity contribution >= 4 is 18.0 Å². The van der Waals surface area contributed by atoms with Crippen LogP contribution in [-0.4, -0.2) is 59.3 Å². The minimum absolute atomic E-state index is 0.0810. The van der Waals surface area contributed by atoms with Crippen molar-refractivity contribution in [1.82, 2.24) is 10.2 Å². The first-order valence-electron chi connectivity index (χ1n) is 11.0. The predicted molar refractivity (Wildman–Crippen MR) is 121 cm³/mol. The molecule has 176 valence electrons. The van der Waals surface area contributed by atoms with Crippen LogP contribution in [0.15, 0.2) is 60.7 Å². The van der Waals surface area contributed by atoms with Gasteiger partial charge >= 0.3 is 12.1 Å². The van der Waals surface area contributed by atoms with Crippen molar-refractivity contribution in [1.29, 1.82) is 0 Å². The number of carbonyl (C=O) groups is 3. The van der Waals surface area contributed by atoms with E-state index in [9.17, 15) is 19.5 Å². The fourth-order valence-corrected chi connectivity index (χ4v) is 4.15. The number of hydrogen-bond donors (Lipinski definition) is 2. The molecule has 2 aromatic carbocycles. The fourth-order valence-electron chi connectivity index (χ4n) is 4.15. The van der Waals surface area contributed by atoms with E-state index in [0.717, 1.165) is 11.1 Å². The summed E-state index contributed by atoms with van der Waals surface area (Å²) in [6, 6.07) is 17.4. The van der Waals surface area contributed by atoms with Crippen molar-refractivity contribution in [2.24, 2.45) is 0 Å². The number of nitrogens with zero attached hydrogens (tertiary/aromatic N) is 1. The fraction of sp³-hybridized carbons (Fsp3) is 0.400. The minimum Gasteiger partial charge on any atom is -0.467 e. The van der Waals surface area contributed by atoms with E-state index >= 15 is 0 Å². The Kier molecular flexibility index (Phi) is 8.06. The van der Waals surface area contributed by atoms with Crippen LogP contribution in [-0.2, 0) is 32.1 Å². The van der Waals surface area contributed by atoms with Crippen molar-refractivity contribution in [3.05, 3.63) is 71.8 Å². The second-order valence-corrected chi connectivity index (χ2v) is 8.20. The number of aliphatic hydroxyl groups is 1. The second-order valence-electron chi connectivity index (χ2n) is 8.20. The third-order valence-electron chi connectivity index (χ3n) is 5.90. The number of nitrogens with one attached hydrogen (secondary N) is 1. The molecule has 1 fully saturated rings. The van der Waals surface area contributed by atoms with Crippen LogP contribution in [0.3, 0.4) is 0 Å². The number of benzene rings is 2. The highest BCUT2D eigenvalue weighted by atomic mass is 16.6. The monoisotopic (exact) mass is 454 g/mol. The van der Waals surface area contributed by atoms with E-state index in [1.54, 1.807) is 0 Å². The number of ether oxygens (including phenoxy) is 2. The molecule has 0 bridgehead atoms. The zero-order valence-corrected chi connectivity index (χ0v) is 18.9. The van der Waals surface area contributed by atoms with Gasteiger partial charge in [-0.25, -0.2) is 9.59 Å². The van der Waals surface area contributed by atoms with Crippen LogP contribution in [0, 0.1) is 0 Å². The SMILES string of the molecule is COC(=O)[C@@H](NC(=O)[C@]1(Cc2ccccc2)CCCN1C(=O)OCc1ccccc1)[C@@H](C)O. The van der Waals surface area contributed by atoms with Crippen LogP contribution < -0.4 is 5.32 Å². The third-order valence-corrected chi connectivity index (χ3v) is 5.90. The minimum atomic E-state index is -1.27. The van der Waals surface area contributed by atoms with Crippen molar-refractivity contribution < 1.29 is 29.0 Å². The molecular weight excluding hydrogens is 424 g/mol. The third kappa shape index (κ3) is 5.70. The molecule has 0 aromatic heterocycles. The molecule has 8 nitrogen and oxygen atoms in total. The van der Waals surface area contributed by atoms with E-state index in [1.807, 2.05) is 60.7 Å². The molecule has 0 unspecified atom stereocenters.